The van der Waals surface area contributed by atoms with Crippen LogP contribution in [-0.2, 0) is 16.0 Å². The van der Waals surface area contributed by atoms with Crippen molar-refractivity contribution in [3.05, 3.63) is 40.2 Å². The van der Waals surface area contributed by atoms with E-state index in [-0.39, 0.29) is 34.8 Å². The van der Waals surface area contributed by atoms with Crippen molar-refractivity contribution in [2.75, 3.05) is 13.2 Å². The van der Waals surface area contributed by atoms with Gasteiger partial charge < -0.3 is 19.7 Å². The van der Waals surface area contributed by atoms with Gasteiger partial charge in [0, 0.05) is 17.2 Å². The summed E-state index contributed by atoms with van der Waals surface area (Å²) in [6.07, 6.45) is 4.77. The highest BCUT2D eigenvalue weighted by molar-refractivity contribution is 6.32. The van der Waals surface area contributed by atoms with Crippen LogP contribution in [0, 0.1) is 5.82 Å². The fourth-order valence-corrected chi connectivity index (χ4v) is 3.03. The minimum absolute atomic E-state index is 0.0251. The highest BCUT2D eigenvalue weighted by Crippen LogP contribution is 2.42. The van der Waals surface area contributed by atoms with Crippen molar-refractivity contribution in [1.29, 1.82) is 0 Å². The Morgan fingerprint density at radius 1 is 1.35 bits per heavy atom. The number of hydrogen-bond acceptors (Lipinski definition) is 5. The molecule has 0 saturated carbocycles. The quantitative estimate of drug-likeness (QED) is 0.774. The van der Waals surface area contributed by atoms with Gasteiger partial charge >= 0.3 is 5.97 Å². The Bertz CT molecular complexity index is 890. The van der Waals surface area contributed by atoms with E-state index in [1.165, 1.54) is 6.07 Å². The van der Waals surface area contributed by atoms with Gasteiger partial charge in [-0.05, 0) is 25.8 Å². The maximum atomic E-state index is 14.5. The number of hydrogen-bond donors (Lipinski definition) is 2. The Balaban J connectivity index is 2.01. The van der Waals surface area contributed by atoms with E-state index in [4.69, 9.17) is 21.1 Å². The summed E-state index contributed by atoms with van der Waals surface area (Å²) >= 11 is 5.97. The standard InChI is InChI=1S/C18H17ClFNO5/c1-2-25-16(22)9-26-15-8-14(13(20)7-12(15)19)21-17(23)10-5-3-4-6-11(10)18(21)24/h3,5,7-8,23-24H,2,4,6,9H2,1H3. The van der Waals surface area contributed by atoms with Gasteiger partial charge in [-0.3, -0.25) is 0 Å². The average Bonchev–Trinajstić information content (AvgIpc) is 2.86. The number of rotatable bonds is 5. The van der Waals surface area contributed by atoms with Gasteiger partial charge in [0.2, 0.25) is 11.8 Å². The lowest BCUT2D eigenvalue weighted by atomic mass is 10.0. The van der Waals surface area contributed by atoms with Gasteiger partial charge in [-0.25, -0.2) is 13.8 Å². The number of fused-ring (bicyclic) bond motifs is 1. The van der Waals surface area contributed by atoms with Crippen molar-refractivity contribution in [3.63, 3.8) is 0 Å². The van der Waals surface area contributed by atoms with E-state index in [1.807, 2.05) is 6.08 Å². The molecule has 1 aliphatic carbocycles. The van der Waals surface area contributed by atoms with Crippen LogP contribution < -0.4 is 4.74 Å². The normalized spacial score (nSPS) is 12.7. The Morgan fingerprint density at radius 2 is 2.12 bits per heavy atom. The minimum atomic E-state index is -0.764. The van der Waals surface area contributed by atoms with Crippen molar-refractivity contribution < 1.29 is 28.9 Å². The Hall–Kier alpha value is -2.67. The molecule has 8 heteroatoms. The highest BCUT2D eigenvalue weighted by Gasteiger charge is 2.25. The van der Waals surface area contributed by atoms with E-state index in [0.29, 0.717) is 24.0 Å². The van der Waals surface area contributed by atoms with Crippen molar-refractivity contribution in [1.82, 2.24) is 4.57 Å². The van der Waals surface area contributed by atoms with Gasteiger partial charge in [0.25, 0.3) is 0 Å². The van der Waals surface area contributed by atoms with Gasteiger partial charge in [-0.15, -0.1) is 0 Å². The number of benzene rings is 1. The molecule has 138 valence electrons. The number of nitrogens with zero attached hydrogens (tertiary/aromatic N) is 1. The molecule has 0 radical (unpaired) electrons. The van der Waals surface area contributed by atoms with E-state index in [0.717, 1.165) is 10.6 Å². The van der Waals surface area contributed by atoms with Crippen LogP contribution in [0.3, 0.4) is 0 Å². The predicted molar refractivity (Wildman–Crippen MR) is 93.5 cm³/mol. The molecule has 0 saturated heterocycles. The van der Waals surface area contributed by atoms with Crippen LogP contribution >= 0.6 is 11.6 Å². The lowest BCUT2D eigenvalue weighted by Gasteiger charge is -2.13. The first-order chi connectivity index (χ1) is 12.4. The Morgan fingerprint density at radius 3 is 2.81 bits per heavy atom. The zero-order chi connectivity index (χ0) is 18.8. The summed E-state index contributed by atoms with van der Waals surface area (Å²) in [6.45, 7) is 1.46. The number of aromatic nitrogens is 1. The first-order valence-corrected chi connectivity index (χ1v) is 8.41. The SMILES string of the molecule is CCOC(=O)COc1cc(-n2c(O)c3c(c2O)CCC=C3)c(F)cc1Cl. The van der Waals surface area contributed by atoms with Gasteiger partial charge in [0.1, 0.15) is 11.6 Å². The summed E-state index contributed by atoms with van der Waals surface area (Å²) in [5, 5.41) is 20.8. The molecule has 26 heavy (non-hydrogen) atoms. The smallest absolute Gasteiger partial charge is 0.344 e. The number of esters is 1. The molecule has 0 bridgehead atoms. The highest BCUT2D eigenvalue weighted by atomic mass is 35.5. The zero-order valence-electron chi connectivity index (χ0n) is 14.0. The van der Waals surface area contributed by atoms with Crippen molar-refractivity contribution in [3.8, 4) is 23.2 Å². The monoisotopic (exact) mass is 381 g/mol. The number of ether oxygens (including phenoxy) is 2. The third-order valence-corrected chi connectivity index (χ3v) is 4.29. The Labute approximate surface area is 154 Å². The summed E-state index contributed by atoms with van der Waals surface area (Å²) in [5.41, 5.74) is 0.830. The lowest BCUT2D eigenvalue weighted by molar-refractivity contribution is -0.145. The molecule has 0 spiro atoms. The maximum Gasteiger partial charge on any atom is 0.344 e. The van der Waals surface area contributed by atoms with Crippen LogP contribution in [0.1, 0.15) is 24.5 Å². The number of halogens is 2. The van der Waals surface area contributed by atoms with E-state index in [9.17, 15) is 19.4 Å². The molecule has 1 aliphatic rings. The van der Waals surface area contributed by atoms with Crippen LogP contribution in [0.25, 0.3) is 11.8 Å². The van der Waals surface area contributed by atoms with Crippen LogP contribution in [0.2, 0.25) is 5.02 Å². The van der Waals surface area contributed by atoms with Gasteiger partial charge in [-0.1, -0.05) is 23.8 Å². The summed E-state index contributed by atoms with van der Waals surface area (Å²) in [5.74, 6) is -1.87. The number of aromatic hydroxyl groups is 2. The Kier molecular flexibility index (Phi) is 5.08. The number of carbonyl (C=O) groups excluding carboxylic acids is 1. The molecule has 0 unspecified atom stereocenters. The average molecular weight is 382 g/mol. The molecular weight excluding hydrogens is 365 g/mol. The van der Waals surface area contributed by atoms with E-state index in [2.05, 4.69) is 0 Å². The van der Waals surface area contributed by atoms with Crippen molar-refractivity contribution in [2.45, 2.75) is 19.8 Å². The maximum absolute atomic E-state index is 14.5. The molecule has 1 heterocycles. The second-order valence-corrected chi connectivity index (χ2v) is 6.05. The van der Waals surface area contributed by atoms with Gasteiger partial charge in [0.15, 0.2) is 6.61 Å². The van der Waals surface area contributed by atoms with E-state index >= 15 is 0 Å². The van der Waals surface area contributed by atoms with E-state index < -0.39 is 18.4 Å². The first-order valence-electron chi connectivity index (χ1n) is 8.03. The third-order valence-electron chi connectivity index (χ3n) is 4.00. The van der Waals surface area contributed by atoms with Gasteiger partial charge in [0.05, 0.1) is 17.3 Å². The fourth-order valence-electron chi connectivity index (χ4n) is 2.83. The molecule has 0 atom stereocenters. The molecule has 1 aromatic heterocycles. The molecule has 3 rings (SSSR count). The van der Waals surface area contributed by atoms with Crippen molar-refractivity contribution in [2.24, 2.45) is 0 Å². The summed E-state index contributed by atoms with van der Waals surface area (Å²) in [7, 11) is 0. The lowest BCUT2D eigenvalue weighted by Crippen LogP contribution is -2.15. The van der Waals surface area contributed by atoms with Crippen LogP contribution in [0.4, 0.5) is 4.39 Å². The molecule has 1 aromatic carbocycles. The largest absolute Gasteiger partial charge is 0.494 e. The second-order valence-electron chi connectivity index (χ2n) is 5.64. The summed E-state index contributed by atoms with van der Waals surface area (Å²) in [4.78, 5) is 11.4. The third kappa shape index (κ3) is 3.22. The minimum Gasteiger partial charge on any atom is -0.494 e. The second kappa shape index (κ2) is 7.29. The number of carbonyl (C=O) groups is 1. The molecular formula is C18H17ClFNO5. The molecule has 2 aromatic rings. The van der Waals surface area contributed by atoms with Crippen LogP contribution in [0.5, 0.6) is 17.5 Å². The van der Waals surface area contributed by atoms with Crippen LogP contribution in [0.15, 0.2) is 18.2 Å². The summed E-state index contributed by atoms with van der Waals surface area (Å²) < 4.78 is 25.5. The molecule has 0 aliphatic heterocycles. The fraction of sp³-hybridized carbons (Fsp3) is 0.278. The molecule has 2 N–H and O–H groups in total. The number of allylic oxidation sites excluding steroid dienone is 1. The van der Waals surface area contributed by atoms with Gasteiger partial charge in [-0.2, -0.15) is 0 Å². The summed E-state index contributed by atoms with van der Waals surface area (Å²) in [6, 6.07) is 2.20. The predicted octanol–water partition coefficient (Wildman–Crippen LogP) is 3.58. The van der Waals surface area contributed by atoms with E-state index in [1.54, 1.807) is 13.0 Å². The molecule has 0 amide bonds. The first kappa shape index (κ1) is 18.1. The zero-order valence-corrected chi connectivity index (χ0v) is 14.7. The molecule has 6 nitrogen and oxygen atoms in total. The molecule has 0 fully saturated rings. The van der Waals surface area contributed by atoms with Crippen molar-refractivity contribution >= 4 is 23.6 Å². The topological polar surface area (TPSA) is 80.9 Å². The van der Waals surface area contributed by atoms with Crippen LogP contribution in [-0.4, -0.2) is 34.0 Å².